The lowest BCUT2D eigenvalue weighted by atomic mass is 9.76. The fourth-order valence-corrected chi connectivity index (χ4v) is 3.13. The predicted molar refractivity (Wildman–Crippen MR) is 72.8 cm³/mol. The maximum Gasteiger partial charge on any atom is 0.323 e. The van der Waals surface area contributed by atoms with E-state index in [-0.39, 0.29) is 6.42 Å². The number of allylic oxidation sites excluding steroid dienone is 2. The highest BCUT2D eigenvalue weighted by Crippen LogP contribution is 2.38. The lowest BCUT2D eigenvalue weighted by Gasteiger charge is -2.32. The highest BCUT2D eigenvalue weighted by atomic mass is 28.4. The standard InChI is InChI=1S/C13H22O5Si/c1-16-11(14)13(12(15)17-2)8-6-10(7-9-13)18-19(3,4)5/h6H,7-9H2,1-5H3. The monoisotopic (exact) mass is 286 g/mol. The quantitative estimate of drug-likeness (QED) is 0.450. The second-order valence-corrected chi connectivity index (χ2v) is 10.1. The van der Waals surface area contributed by atoms with E-state index < -0.39 is 25.7 Å². The minimum absolute atomic E-state index is 0.270. The van der Waals surface area contributed by atoms with Crippen molar-refractivity contribution in [3.63, 3.8) is 0 Å². The molecule has 0 aliphatic heterocycles. The maximum absolute atomic E-state index is 11.9. The van der Waals surface area contributed by atoms with Crippen LogP contribution in [0.1, 0.15) is 19.3 Å². The molecule has 0 amide bonds. The lowest BCUT2D eigenvalue weighted by molar-refractivity contribution is -0.170. The average Bonchev–Trinajstić information content (AvgIpc) is 2.36. The molecule has 6 heteroatoms. The third kappa shape index (κ3) is 3.59. The number of hydrogen-bond acceptors (Lipinski definition) is 5. The van der Waals surface area contributed by atoms with E-state index in [4.69, 9.17) is 13.9 Å². The fourth-order valence-electron chi connectivity index (χ4n) is 2.16. The van der Waals surface area contributed by atoms with Crippen LogP contribution in [0, 0.1) is 5.41 Å². The number of methoxy groups -OCH3 is 2. The van der Waals surface area contributed by atoms with Gasteiger partial charge in [-0.3, -0.25) is 9.59 Å². The Kier molecular flexibility index (Phi) is 4.79. The number of carbonyl (C=O) groups excluding carboxylic acids is 2. The Morgan fingerprint density at radius 3 is 2.00 bits per heavy atom. The van der Waals surface area contributed by atoms with E-state index in [1.807, 2.05) is 6.08 Å². The van der Waals surface area contributed by atoms with Crippen LogP contribution in [0.4, 0.5) is 0 Å². The molecule has 0 radical (unpaired) electrons. The Morgan fingerprint density at radius 1 is 1.16 bits per heavy atom. The summed E-state index contributed by atoms with van der Waals surface area (Å²) in [5, 5.41) is 0. The van der Waals surface area contributed by atoms with E-state index in [1.54, 1.807) is 0 Å². The molecule has 0 unspecified atom stereocenters. The first-order chi connectivity index (χ1) is 8.75. The van der Waals surface area contributed by atoms with Gasteiger partial charge in [0.15, 0.2) is 5.41 Å². The van der Waals surface area contributed by atoms with Crippen LogP contribution in [0.3, 0.4) is 0 Å². The summed E-state index contributed by atoms with van der Waals surface area (Å²) in [5.41, 5.74) is -1.21. The molecule has 0 aromatic rings. The van der Waals surface area contributed by atoms with Crippen molar-refractivity contribution in [2.75, 3.05) is 14.2 Å². The molecule has 0 spiro atoms. The molecule has 0 atom stereocenters. The number of hydrogen-bond donors (Lipinski definition) is 0. The van der Waals surface area contributed by atoms with E-state index in [0.29, 0.717) is 12.8 Å². The Balaban J connectivity index is 2.91. The SMILES string of the molecule is COC(=O)C1(C(=O)OC)CC=C(O[Si](C)(C)C)CC1. The first-order valence-electron chi connectivity index (χ1n) is 6.30. The molecule has 0 saturated heterocycles. The minimum atomic E-state index is -1.66. The first kappa shape index (κ1) is 15.8. The van der Waals surface area contributed by atoms with Gasteiger partial charge >= 0.3 is 11.9 Å². The summed E-state index contributed by atoms with van der Waals surface area (Å²) < 4.78 is 15.4. The zero-order valence-electron chi connectivity index (χ0n) is 12.2. The molecule has 19 heavy (non-hydrogen) atoms. The Hall–Kier alpha value is -1.30. The Morgan fingerprint density at radius 2 is 1.68 bits per heavy atom. The van der Waals surface area contributed by atoms with Crippen LogP contribution in [-0.4, -0.2) is 34.5 Å². The van der Waals surface area contributed by atoms with E-state index in [9.17, 15) is 9.59 Å². The third-order valence-electron chi connectivity index (χ3n) is 3.07. The highest BCUT2D eigenvalue weighted by Gasteiger charge is 2.49. The van der Waals surface area contributed by atoms with Gasteiger partial charge in [0, 0.05) is 6.42 Å². The highest BCUT2D eigenvalue weighted by molar-refractivity contribution is 6.70. The van der Waals surface area contributed by atoms with Gasteiger partial charge < -0.3 is 13.9 Å². The predicted octanol–water partition coefficient (Wildman–Crippen LogP) is 2.24. The van der Waals surface area contributed by atoms with Crippen LogP contribution >= 0.6 is 0 Å². The van der Waals surface area contributed by atoms with Crippen LogP contribution in [0.2, 0.25) is 19.6 Å². The minimum Gasteiger partial charge on any atom is -0.548 e. The summed E-state index contributed by atoms with van der Waals surface area (Å²) in [4.78, 5) is 23.8. The van der Waals surface area contributed by atoms with Gasteiger partial charge in [-0.15, -0.1) is 0 Å². The zero-order valence-corrected chi connectivity index (χ0v) is 13.2. The topological polar surface area (TPSA) is 61.8 Å². The fraction of sp³-hybridized carbons (Fsp3) is 0.692. The molecule has 0 heterocycles. The van der Waals surface area contributed by atoms with Crippen molar-refractivity contribution in [2.45, 2.75) is 38.9 Å². The van der Waals surface area contributed by atoms with Gasteiger partial charge in [-0.1, -0.05) is 0 Å². The van der Waals surface area contributed by atoms with E-state index in [2.05, 4.69) is 19.6 Å². The van der Waals surface area contributed by atoms with Crippen LogP contribution in [0.25, 0.3) is 0 Å². The number of ether oxygens (including phenoxy) is 2. The number of rotatable bonds is 4. The van der Waals surface area contributed by atoms with E-state index in [1.165, 1.54) is 14.2 Å². The molecule has 0 saturated carbocycles. The van der Waals surface area contributed by atoms with Gasteiger partial charge in [-0.2, -0.15) is 0 Å². The zero-order chi connectivity index (χ0) is 14.7. The summed E-state index contributed by atoms with van der Waals surface area (Å²) in [6.45, 7) is 6.28. The van der Waals surface area contributed by atoms with Crippen LogP contribution in [0.5, 0.6) is 0 Å². The van der Waals surface area contributed by atoms with E-state index >= 15 is 0 Å². The van der Waals surface area contributed by atoms with Gasteiger partial charge in [0.25, 0.3) is 0 Å². The van der Waals surface area contributed by atoms with Gasteiger partial charge in [0.2, 0.25) is 8.32 Å². The second kappa shape index (κ2) is 5.77. The maximum atomic E-state index is 11.9. The molecular formula is C13H22O5Si. The Bertz CT molecular complexity index is 378. The molecule has 0 bridgehead atoms. The van der Waals surface area contributed by atoms with Gasteiger partial charge in [-0.25, -0.2) is 0 Å². The second-order valence-electron chi connectivity index (χ2n) is 5.65. The van der Waals surface area contributed by atoms with Crippen molar-refractivity contribution >= 4 is 20.3 Å². The number of esters is 2. The van der Waals surface area contributed by atoms with Gasteiger partial charge in [0.1, 0.15) is 0 Å². The molecule has 108 valence electrons. The molecule has 5 nitrogen and oxygen atoms in total. The van der Waals surface area contributed by atoms with Crippen molar-refractivity contribution in [3.8, 4) is 0 Å². The molecule has 1 aliphatic carbocycles. The molecular weight excluding hydrogens is 264 g/mol. The third-order valence-corrected chi connectivity index (χ3v) is 3.94. The summed E-state index contributed by atoms with van der Waals surface area (Å²) >= 11 is 0. The summed E-state index contributed by atoms with van der Waals surface area (Å²) in [6, 6.07) is 0. The van der Waals surface area contributed by atoms with Crippen LogP contribution in [0.15, 0.2) is 11.8 Å². The van der Waals surface area contributed by atoms with Crippen molar-refractivity contribution in [3.05, 3.63) is 11.8 Å². The average molecular weight is 286 g/mol. The van der Waals surface area contributed by atoms with Crippen molar-refractivity contribution < 1.29 is 23.5 Å². The van der Waals surface area contributed by atoms with Crippen LogP contribution < -0.4 is 0 Å². The normalized spacial score (nSPS) is 18.3. The number of carbonyl (C=O) groups is 2. The van der Waals surface area contributed by atoms with Crippen LogP contribution in [-0.2, 0) is 23.5 Å². The molecule has 1 rings (SSSR count). The van der Waals surface area contributed by atoms with Crippen molar-refractivity contribution in [1.29, 1.82) is 0 Å². The van der Waals surface area contributed by atoms with E-state index in [0.717, 1.165) is 5.76 Å². The smallest absolute Gasteiger partial charge is 0.323 e. The molecule has 0 fully saturated rings. The molecule has 0 aromatic heterocycles. The van der Waals surface area contributed by atoms with Gasteiger partial charge in [-0.05, 0) is 38.6 Å². The van der Waals surface area contributed by atoms with Crippen molar-refractivity contribution in [2.24, 2.45) is 5.41 Å². The van der Waals surface area contributed by atoms with Crippen molar-refractivity contribution in [1.82, 2.24) is 0 Å². The summed E-state index contributed by atoms with van der Waals surface area (Å²) in [6.07, 6.45) is 3.00. The summed E-state index contributed by atoms with van der Waals surface area (Å²) in [5.74, 6) is -0.215. The first-order valence-corrected chi connectivity index (χ1v) is 9.71. The molecule has 0 N–H and O–H groups in total. The Labute approximate surface area is 115 Å². The van der Waals surface area contributed by atoms with Gasteiger partial charge in [0.05, 0.1) is 20.0 Å². The molecule has 1 aliphatic rings. The lowest BCUT2D eigenvalue weighted by Crippen LogP contribution is -2.42. The molecule has 0 aromatic carbocycles. The largest absolute Gasteiger partial charge is 0.548 e. The summed E-state index contributed by atoms with van der Waals surface area (Å²) in [7, 11) is 0.903.